The van der Waals surface area contributed by atoms with Crippen LogP contribution in [0.15, 0.2) is 10.7 Å². The Kier molecular flexibility index (Phi) is 3.55. The van der Waals surface area contributed by atoms with E-state index in [2.05, 4.69) is 20.9 Å². The predicted octanol–water partition coefficient (Wildman–Crippen LogP) is 3.66. The minimum atomic E-state index is -2.82. The lowest BCUT2D eigenvalue weighted by Gasteiger charge is -2.06. The van der Waals surface area contributed by atoms with Gasteiger partial charge < -0.3 is 0 Å². The van der Waals surface area contributed by atoms with Crippen molar-refractivity contribution in [3.63, 3.8) is 0 Å². The first-order valence-electron chi connectivity index (χ1n) is 3.25. The van der Waals surface area contributed by atoms with Crippen LogP contribution in [0.25, 0.3) is 0 Å². The number of halogens is 5. The van der Waals surface area contributed by atoms with E-state index in [9.17, 15) is 13.2 Å². The van der Waals surface area contributed by atoms with Gasteiger partial charge >= 0.3 is 0 Å². The van der Waals surface area contributed by atoms with Gasteiger partial charge in [0.1, 0.15) is 16.1 Å². The second-order valence-electron chi connectivity index (χ2n) is 2.22. The van der Waals surface area contributed by atoms with Gasteiger partial charge in [-0.3, -0.25) is 0 Å². The van der Waals surface area contributed by atoms with E-state index in [1.54, 1.807) is 0 Å². The zero-order chi connectivity index (χ0) is 10.0. The fraction of sp³-hybridized carbons (Fsp3) is 0.286. The highest BCUT2D eigenvalue weighted by Crippen LogP contribution is 2.26. The molecule has 0 aliphatic heterocycles. The summed E-state index contributed by atoms with van der Waals surface area (Å²) < 4.78 is 37.6. The Morgan fingerprint density at radius 3 is 2.62 bits per heavy atom. The first kappa shape index (κ1) is 10.8. The molecule has 0 spiro atoms. The predicted molar refractivity (Wildman–Crippen MR) is 46.4 cm³/mol. The van der Waals surface area contributed by atoms with E-state index in [0.29, 0.717) is 0 Å². The smallest absolute Gasteiger partial charge is 0.239 e. The average Bonchev–Trinajstić information content (AvgIpc) is 2.02. The van der Waals surface area contributed by atoms with E-state index in [1.807, 2.05) is 0 Å². The second kappa shape index (κ2) is 4.28. The lowest BCUT2D eigenvalue weighted by atomic mass is 10.2. The van der Waals surface area contributed by atoms with Crippen molar-refractivity contribution < 1.29 is 13.2 Å². The first-order chi connectivity index (χ1) is 6.06. The summed E-state index contributed by atoms with van der Waals surface area (Å²) >= 11 is 8.12. The maximum atomic E-state index is 13.0. The van der Waals surface area contributed by atoms with E-state index in [1.165, 1.54) is 0 Å². The molecule has 1 nitrogen and oxygen atoms in total. The monoisotopic (exact) mass is 273 g/mol. The van der Waals surface area contributed by atoms with Crippen molar-refractivity contribution in [1.82, 2.24) is 4.98 Å². The van der Waals surface area contributed by atoms with Crippen molar-refractivity contribution in [1.29, 1.82) is 0 Å². The topological polar surface area (TPSA) is 12.9 Å². The van der Waals surface area contributed by atoms with Crippen molar-refractivity contribution in [2.45, 2.75) is 12.3 Å². The lowest BCUT2D eigenvalue weighted by molar-refractivity contribution is 0.144. The number of rotatable bonds is 2. The maximum Gasteiger partial charge on any atom is 0.280 e. The standard InChI is InChI=1S/C7H4BrClF3N/c8-5-1-4(10)3(2-9)6(13-5)7(11)12/h1,7H,2H2. The third kappa shape index (κ3) is 2.34. The third-order valence-electron chi connectivity index (χ3n) is 1.41. The minimum absolute atomic E-state index is 0.0363. The van der Waals surface area contributed by atoms with Gasteiger partial charge in [0.05, 0.1) is 5.88 Å². The van der Waals surface area contributed by atoms with Gasteiger partial charge in [-0.15, -0.1) is 11.6 Å². The quantitative estimate of drug-likeness (QED) is 0.592. The molecule has 0 unspecified atom stereocenters. The van der Waals surface area contributed by atoms with Crippen molar-refractivity contribution in [2.24, 2.45) is 0 Å². The SMILES string of the molecule is Fc1cc(Br)nc(C(F)F)c1CCl. The Labute approximate surface area is 86.0 Å². The molecule has 0 aromatic carbocycles. The number of pyridine rings is 1. The van der Waals surface area contributed by atoms with Gasteiger partial charge in [-0.05, 0) is 15.9 Å². The van der Waals surface area contributed by atoms with Crippen LogP contribution < -0.4 is 0 Å². The molecule has 0 saturated heterocycles. The molecule has 72 valence electrons. The summed E-state index contributed by atoms with van der Waals surface area (Å²) in [6.07, 6.45) is -2.82. The molecule has 0 aliphatic carbocycles. The van der Waals surface area contributed by atoms with Gasteiger partial charge in [-0.25, -0.2) is 18.2 Å². The van der Waals surface area contributed by atoms with E-state index in [4.69, 9.17) is 11.6 Å². The Bertz CT molecular complexity index is 319. The lowest BCUT2D eigenvalue weighted by Crippen LogP contribution is -2.00. The van der Waals surface area contributed by atoms with Gasteiger partial charge in [-0.2, -0.15) is 0 Å². The molecule has 13 heavy (non-hydrogen) atoms. The molecule has 0 fully saturated rings. The Hall–Kier alpha value is -0.290. The van der Waals surface area contributed by atoms with E-state index < -0.39 is 17.9 Å². The van der Waals surface area contributed by atoms with Crippen LogP contribution in [0.5, 0.6) is 0 Å². The molecule has 0 amide bonds. The zero-order valence-electron chi connectivity index (χ0n) is 6.20. The third-order valence-corrected chi connectivity index (χ3v) is 2.08. The van der Waals surface area contributed by atoms with Crippen molar-refractivity contribution in [3.8, 4) is 0 Å². The number of alkyl halides is 3. The van der Waals surface area contributed by atoms with Gasteiger partial charge in [0.2, 0.25) is 0 Å². The normalized spacial score (nSPS) is 10.9. The highest BCUT2D eigenvalue weighted by atomic mass is 79.9. The highest BCUT2D eigenvalue weighted by molar-refractivity contribution is 9.10. The van der Waals surface area contributed by atoms with Crippen LogP contribution >= 0.6 is 27.5 Å². The van der Waals surface area contributed by atoms with E-state index in [0.717, 1.165) is 6.07 Å². The van der Waals surface area contributed by atoms with Crippen LogP contribution in [-0.2, 0) is 5.88 Å². The summed E-state index contributed by atoms with van der Waals surface area (Å²) in [4.78, 5) is 3.45. The summed E-state index contributed by atoms with van der Waals surface area (Å²) in [5.41, 5.74) is -0.859. The maximum absolute atomic E-state index is 13.0. The summed E-state index contributed by atoms with van der Waals surface area (Å²) in [5, 5.41) is 0. The van der Waals surface area contributed by atoms with Crippen LogP contribution in [0.3, 0.4) is 0 Å². The van der Waals surface area contributed by atoms with Gasteiger partial charge in [0, 0.05) is 11.6 Å². The fourth-order valence-corrected chi connectivity index (χ4v) is 1.50. The van der Waals surface area contributed by atoms with Crippen LogP contribution in [0.1, 0.15) is 17.7 Å². The Morgan fingerprint density at radius 2 is 2.15 bits per heavy atom. The Balaban J connectivity index is 3.29. The molecular weight excluding hydrogens is 270 g/mol. The molecular formula is C7H4BrClF3N. The molecule has 6 heteroatoms. The number of aromatic nitrogens is 1. The van der Waals surface area contributed by atoms with Crippen molar-refractivity contribution in [3.05, 3.63) is 27.7 Å². The Morgan fingerprint density at radius 1 is 1.54 bits per heavy atom. The van der Waals surface area contributed by atoms with Crippen molar-refractivity contribution >= 4 is 27.5 Å². The molecule has 0 bridgehead atoms. The average molecular weight is 274 g/mol. The fourth-order valence-electron chi connectivity index (χ4n) is 0.842. The van der Waals surface area contributed by atoms with Gasteiger partial charge in [0.25, 0.3) is 6.43 Å². The molecule has 0 N–H and O–H groups in total. The van der Waals surface area contributed by atoms with Gasteiger partial charge in [-0.1, -0.05) is 0 Å². The largest absolute Gasteiger partial charge is 0.280 e. The van der Waals surface area contributed by atoms with Crippen LogP contribution in [0, 0.1) is 5.82 Å². The molecule has 0 radical (unpaired) electrons. The summed E-state index contributed by atoms with van der Waals surface area (Å²) in [5.74, 6) is -1.08. The molecule has 0 saturated carbocycles. The molecule has 0 aliphatic rings. The minimum Gasteiger partial charge on any atom is -0.239 e. The van der Waals surface area contributed by atoms with E-state index in [-0.39, 0.29) is 16.0 Å². The highest BCUT2D eigenvalue weighted by Gasteiger charge is 2.18. The van der Waals surface area contributed by atoms with Gasteiger partial charge in [0.15, 0.2) is 0 Å². The number of hydrogen-bond acceptors (Lipinski definition) is 1. The summed E-state index contributed by atoms with van der Waals surface area (Å²) in [6.45, 7) is 0. The number of nitrogens with zero attached hydrogens (tertiary/aromatic N) is 1. The summed E-state index contributed by atoms with van der Waals surface area (Å²) in [6, 6.07) is 1.00. The van der Waals surface area contributed by atoms with Crippen molar-refractivity contribution in [2.75, 3.05) is 0 Å². The molecule has 0 atom stereocenters. The molecule has 1 aromatic heterocycles. The molecule has 1 heterocycles. The van der Waals surface area contributed by atoms with Crippen LogP contribution in [0.2, 0.25) is 0 Å². The molecule has 1 rings (SSSR count). The first-order valence-corrected chi connectivity index (χ1v) is 4.58. The number of hydrogen-bond donors (Lipinski definition) is 0. The molecule has 1 aromatic rings. The second-order valence-corrected chi connectivity index (χ2v) is 3.30. The van der Waals surface area contributed by atoms with Crippen LogP contribution in [0.4, 0.5) is 13.2 Å². The van der Waals surface area contributed by atoms with E-state index >= 15 is 0 Å². The summed E-state index contributed by atoms with van der Waals surface area (Å²) in [7, 11) is 0. The van der Waals surface area contributed by atoms with Crippen LogP contribution in [-0.4, -0.2) is 4.98 Å². The zero-order valence-corrected chi connectivity index (χ0v) is 8.54.